The SMILES string of the molecule is CC(C)(C)c1csc(CC2(N)CCS(=O)(=O)C2)n1. The lowest BCUT2D eigenvalue weighted by atomic mass is 9.93. The molecule has 18 heavy (non-hydrogen) atoms. The second kappa shape index (κ2) is 4.28. The van der Waals surface area contributed by atoms with Crippen LogP contribution in [0.2, 0.25) is 0 Å². The van der Waals surface area contributed by atoms with E-state index >= 15 is 0 Å². The van der Waals surface area contributed by atoms with Crippen molar-refractivity contribution in [1.29, 1.82) is 0 Å². The van der Waals surface area contributed by atoms with Crippen molar-refractivity contribution in [3.63, 3.8) is 0 Å². The van der Waals surface area contributed by atoms with Gasteiger partial charge in [0.05, 0.1) is 22.2 Å². The summed E-state index contributed by atoms with van der Waals surface area (Å²) in [5, 5.41) is 2.99. The average Bonchev–Trinajstić information content (AvgIpc) is 2.71. The molecule has 102 valence electrons. The van der Waals surface area contributed by atoms with E-state index in [9.17, 15) is 8.42 Å². The minimum Gasteiger partial charge on any atom is -0.324 e. The molecule has 1 aliphatic rings. The number of thiazole rings is 1. The van der Waals surface area contributed by atoms with Crippen LogP contribution < -0.4 is 5.73 Å². The van der Waals surface area contributed by atoms with Crippen LogP contribution in [0.1, 0.15) is 37.9 Å². The smallest absolute Gasteiger partial charge is 0.152 e. The van der Waals surface area contributed by atoms with Gasteiger partial charge in [-0.1, -0.05) is 20.8 Å². The monoisotopic (exact) mass is 288 g/mol. The third-order valence-corrected chi connectivity index (χ3v) is 5.93. The number of sulfone groups is 1. The molecule has 2 heterocycles. The second-order valence-corrected chi connectivity index (χ2v) is 9.38. The summed E-state index contributed by atoms with van der Waals surface area (Å²) in [6.07, 6.45) is 1.10. The summed E-state index contributed by atoms with van der Waals surface area (Å²) in [5.41, 5.74) is 6.63. The molecular formula is C12H20N2O2S2. The van der Waals surface area contributed by atoms with E-state index < -0.39 is 15.4 Å². The highest BCUT2D eigenvalue weighted by Crippen LogP contribution is 2.29. The fraction of sp³-hybridized carbons (Fsp3) is 0.750. The maximum absolute atomic E-state index is 11.5. The maximum Gasteiger partial charge on any atom is 0.152 e. The van der Waals surface area contributed by atoms with Crippen molar-refractivity contribution in [1.82, 2.24) is 4.98 Å². The van der Waals surface area contributed by atoms with Crippen LogP contribution in [-0.2, 0) is 21.7 Å². The molecule has 1 aromatic rings. The summed E-state index contributed by atoms with van der Waals surface area (Å²) in [4.78, 5) is 4.58. The molecule has 0 spiro atoms. The van der Waals surface area contributed by atoms with Crippen LogP contribution in [0.5, 0.6) is 0 Å². The number of hydrogen-bond acceptors (Lipinski definition) is 5. The fourth-order valence-corrected chi connectivity index (χ4v) is 5.28. The van der Waals surface area contributed by atoms with Crippen LogP contribution in [0.3, 0.4) is 0 Å². The molecule has 0 aromatic carbocycles. The minimum atomic E-state index is -2.94. The molecule has 0 bridgehead atoms. The van der Waals surface area contributed by atoms with Gasteiger partial charge in [-0.3, -0.25) is 0 Å². The van der Waals surface area contributed by atoms with Gasteiger partial charge in [-0.05, 0) is 6.42 Å². The van der Waals surface area contributed by atoms with Gasteiger partial charge in [-0.15, -0.1) is 11.3 Å². The van der Waals surface area contributed by atoms with Crippen molar-refractivity contribution < 1.29 is 8.42 Å². The number of nitrogens with zero attached hydrogens (tertiary/aromatic N) is 1. The molecule has 1 saturated heterocycles. The minimum absolute atomic E-state index is 0.0261. The summed E-state index contributed by atoms with van der Waals surface area (Å²) in [6, 6.07) is 0. The lowest BCUT2D eigenvalue weighted by Gasteiger charge is -2.20. The Morgan fingerprint density at radius 1 is 1.50 bits per heavy atom. The molecule has 1 unspecified atom stereocenters. The molecule has 4 nitrogen and oxygen atoms in total. The number of rotatable bonds is 2. The van der Waals surface area contributed by atoms with Gasteiger partial charge in [0.25, 0.3) is 0 Å². The molecular weight excluding hydrogens is 268 g/mol. The van der Waals surface area contributed by atoms with Gasteiger partial charge in [0.15, 0.2) is 9.84 Å². The van der Waals surface area contributed by atoms with E-state index in [0.717, 1.165) is 10.7 Å². The summed E-state index contributed by atoms with van der Waals surface area (Å²) in [6.45, 7) is 6.35. The van der Waals surface area contributed by atoms with Crippen LogP contribution >= 0.6 is 11.3 Å². The van der Waals surface area contributed by atoms with Crippen molar-refractivity contribution in [3.8, 4) is 0 Å². The Bertz CT molecular complexity index is 543. The third-order valence-electron chi connectivity index (χ3n) is 3.24. The van der Waals surface area contributed by atoms with E-state index in [2.05, 4.69) is 25.8 Å². The Morgan fingerprint density at radius 2 is 2.17 bits per heavy atom. The molecule has 1 aliphatic heterocycles. The molecule has 6 heteroatoms. The molecule has 1 fully saturated rings. The zero-order valence-corrected chi connectivity index (χ0v) is 12.7. The largest absolute Gasteiger partial charge is 0.324 e. The molecule has 0 saturated carbocycles. The zero-order valence-electron chi connectivity index (χ0n) is 11.1. The Balaban J connectivity index is 2.13. The lowest BCUT2D eigenvalue weighted by molar-refractivity contribution is 0.473. The van der Waals surface area contributed by atoms with E-state index in [1.165, 1.54) is 0 Å². The van der Waals surface area contributed by atoms with Crippen molar-refractivity contribution in [3.05, 3.63) is 16.1 Å². The van der Waals surface area contributed by atoms with E-state index in [-0.39, 0.29) is 16.9 Å². The van der Waals surface area contributed by atoms with Crippen molar-refractivity contribution in [2.24, 2.45) is 5.73 Å². The van der Waals surface area contributed by atoms with Gasteiger partial charge in [0.2, 0.25) is 0 Å². The molecule has 0 amide bonds. The first-order valence-corrected chi connectivity index (χ1v) is 8.74. The number of hydrogen-bond donors (Lipinski definition) is 1. The van der Waals surface area contributed by atoms with Crippen LogP contribution in [0, 0.1) is 0 Å². The molecule has 2 N–H and O–H groups in total. The van der Waals surface area contributed by atoms with Gasteiger partial charge in [0, 0.05) is 22.8 Å². The zero-order chi connectivity index (χ0) is 13.6. The first-order chi connectivity index (χ1) is 8.10. The molecule has 1 atom stereocenters. The van der Waals surface area contributed by atoms with Gasteiger partial charge in [0.1, 0.15) is 0 Å². The highest BCUT2D eigenvalue weighted by atomic mass is 32.2. The second-order valence-electron chi connectivity index (χ2n) is 6.26. The van der Waals surface area contributed by atoms with E-state index in [1.54, 1.807) is 11.3 Å². The Morgan fingerprint density at radius 3 is 2.61 bits per heavy atom. The van der Waals surface area contributed by atoms with Gasteiger partial charge < -0.3 is 5.73 Å². The summed E-state index contributed by atoms with van der Waals surface area (Å²) in [7, 11) is -2.94. The summed E-state index contributed by atoms with van der Waals surface area (Å²) in [5.74, 6) is 0.297. The Hall–Kier alpha value is -0.460. The fourth-order valence-electron chi connectivity index (χ4n) is 2.12. The topological polar surface area (TPSA) is 73.1 Å². The van der Waals surface area contributed by atoms with Crippen molar-refractivity contribution >= 4 is 21.2 Å². The summed E-state index contributed by atoms with van der Waals surface area (Å²) >= 11 is 1.58. The lowest BCUT2D eigenvalue weighted by Crippen LogP contribution is -2.43. The predicted molar refractivity (Wildman–Crippen MR) is 74.7 cm³/mol. The van der Waals surface area contributed by atoms with Crippen molar-refractivity contribution in [2.75, 3.05) is 11.5 Å². The quantitative estimate of drug-likeness (QED) is 0.895. The van der Waals surface area contributed by atoms with Gasteiger partial charge in [-0.2, -0.15) is 0 Å². The molecule has 0 aliphatic carbocycles. The third kappa shape index (κ3) is 3.10. The van der Waals surface area contributed by atoms with Gasteiger partial charge in [-0.25, -0.2) is 13.4 Å². The van der Waals surface area contributed by atoms with E-state index in [4.69, 9.17) is 5.73 Å². The van der Waals surface area contributed by atoms with Crippen LogP contribution in [0.25, 0.3) is 0 Å². The standard InChI is InChI=1S/C12H20N2O2S2/c1-11(2,3)9-7-17-10(14-9)6-12(13)4-5-18(15,16)8-12/h7H,4-6,8,13H2,1-3H3. The first kappa shape index (κ1) is 14.0. The van der Waals surface area contributed by atoms with E-state index in [0.29, 0.717) is 12.8 Å². The first-order valence-electron chi connectivity index (χ1n) is 6.04. The molecule has 0 radical (unpaired) electrons. The van der Waals surface area contributed by atoms with Crippen LogP contribution in [-0.4, -0.2) is 30.4 Å². The maximum atomic E-state index is 11.5. The van der Waals surface area contributed by atoms with E-state index in [1.807, 2.05) is 5.38 Å². The predicted octanol–water partition coefficient (Wildman–Crippen LogP) is 1.50. The van der Waals surface area contributed by atoms with Gasteiger partial charge >= 0.3 is 0 Å². The van der Waals surface area contributed by atoms with Crippen LogP contribution in [0.15, 0.2) is 5.38 Å². The Kier molecular flexibility index (Phi) is 3.32. The highest BCUT2D eigenvalue weighted by molar-refractivity contribution is 7.91. The highest BCUT2D eigenvalue weighted by Gasteiger charge is 2.39. The van der Waals surface area contributed by atoms with Crippen LogP contribution in [0.4, 0.5) is 0 Å². The summed E-state index contributed by atoms with van der Waals surface area (Å²) < 4.78 is 23.0. The average molecular weight is 288 g/mol. The number of aromatic nitrogens is 1. The Labute approximate surface area is 113 Å². The molecule has 1 aromatic heterocycles. The van der Waals surface area contributed by atoms with Crippen molar-refractivity contribution in [2.45, 2.75) is 44.6 Å². The molecule has 2 rings (SSSR count). The number of nitrogens with two attached hydrogens (primary N) is 1. The normalized spacial score (nSPS) is 27.6.